The summed E-state index contributed by atoms with van der Waals surface area (Å²) in [4.78, 5) is 39.8. The van der Waals surface area contributed by atoms with Crippen LogP contribution in [-0.4, -0.2) is 126 Å². The van der Waals surface area contributed by atoms with Crippen LogP contribution < -0.4 is 15.8 Å². The molecule has 2 fully saturated rings. The number of phenols is 1. The predicted molar refractivity (Wildman–Crippen MR) is 219 cm³/mol. The minimum atomic E-state index is -1.77. The first-order chi connectivity index (χ1) is 28.9. The zero-order chi connectivity index (χ0) is 44.4. The molecule has 2 aliphatic heterocycles. The van der Waals surface area contributed by atoms with Crippen LogP contribution in [0.25, 0.3) is 0 Å². The van der Waals surface area contributed by atoms with Gasteiger partial charge in [0.05, 0.1) is 42.4 Å². The number of amides is 1. The fourth-order valence-corrected chi connectivity index (χ4v) is 7.94. The Morgan fingerprint density at radius 3 is 2.61 bits per heavy atom. The maximum absolute atomic E-state index is 13.6. The van der Waals surface area contributed by atoms with Gasteiger partial charge in [-0.15, -0.1) is 0 Å². The number of nitrogens with zero attached hydrogens (tertiary/aromatic N) is 1. The largest absolute Gasteiger partial charge is 0.504 e. The molecule has 6 N–H and O–H groups in total. The van der Waals surface area contributed by atoms with Crippen molar-refractivity contribution < 1.29 is 62.9 Å². The van der Waals surface area contributed by atoms with Gasteiger partial charge >= 0.3 is 11.9 Å². The number of halogens is 1. The fraction of sp³-hybridized carbons (Fsp3) is 0.432. The van der Waals surface area contributed by atoms with Gasteiger partial charge in [0.25, 0.3) is 5.91 Å². The number of aromatic hydroxyl groups is 1. The van der Waals surface area contributed by atoms with Crippen molar-refractivity contribution in [2.24, 2.45) is 5.73 Å². The molecule has 1 amide bonds. The van der Waals surface area contributed by atoms with Crippen LogP contribution >= 0.6 is 11.6 Å². The summed E-state index contributed by atoms with van der Waals surface area (Å²) in [6.45, 7) is 8.59. The van der Waals surface area contributed by atoms with E-state index in [-0.39, 0.29) is 52.9 Å². The van der Waals surface area contributed by atoms with Crippen molar-refractivity contribution in [3.05, 3.63) is 94.0 Å². The molecule has 9 atom stereocenters. The first-order valence-corrected chi connectivity index (χ1v) is 19.7. The average Bonchev–Trinajstić information content (AvgIpc) is 3.62. The number of morpholine rings is 1. The number of aliphatic hydroxyl groups excluding tert-OH is 2. The van der Waals surface area contributed by atoms with Gasteiger partial charge in [-0.2, -0.15) is 0 Å². The maximum Gasteiger partial charge on any atom is 0.336 e. The first-order valence-electron chi connectivity index (χ1n) is 19.3. The minimum absolute atomic E-state index is 0.0636. The van der Waals surface area contributed by atoms with Gasteiger partial charge in [0.15, 0.2) is 35.3 Å². The van der Waals surface area contributed by atoms with Crippen LogP contribution in [0.2, 0.25) is 5.02 Å². The molecule has 2 heterocycles. The van der Waals surface area contributed by atoms with E-state index in [1.165, 1.54) is 31.4 Å². The Kier molecular flexibility index (Phi) is 13.4. The van der Waals surface area contributed by atoms with Gasteiger partial charge in [0.2, 0.25) is 0 Å². The third-order valence-corrected chi connectivity index (χ3v) is 10.8. The number of likely N-dealkylation sites (N-methyl/N-ethyl adjacent to an activating group) is 1. The Labute approximate surface area is 358 Å². The number of esters is 2. The van der Waals surface area contributed by atoms with Crippen molar-refractivity contribution in [1.82, 2.24) is 10.2 Å². The molecule has 324 valence electrons. The Hall–Kier alpha value is -5.56. The van der Waals surface area contributed by atoms with Crippen LogP contribution in [-0.2, 0) is 42.8 Å². The maximum atomic E-state index is 13.6. The molecule has 5 aliphatic rings. The Bertz CT molecular complexity index is 2230. The highest BCUT2D eigenvalue weighted by atomic mass is 35.5. The number of hydrogen-bond acceptors (Lipinski definition) is 15. The second-order valence-corrected chi connectivity index (χ2v) is 15.8. The summed E-state index contributed by atoms with van der Waals surface area (Å²) in [5.41, 5.74) is 4.33. The second kappa shape index (κ2) is 18.2. The Morgan fingerprint density at radius 1 is 1.16 bits per heavy atom. The highest BCUT2D eigenvalue weighted by molar-refractivity contribution is 6.32. The molecule has 3 aliphatic carbocycles. The number of hydrogen-bond donors (Lipinski definition) is 5. The molecule has 1 aromatic carbocycles. The highest BCUT2D eigenvalue weighted by Gasteiger charge is 2.55. The van der Waals surface area contributed by atoms with Crippen LogP contribution in [0.5, 0.6) is 11.5 Å². The van der Waals surface area contributed by atoms with Crippen molar-refractivity contribution in [1.29, 1.82) is 0 Å². The summed E-state index contributed by atoms with van der Waals surface area (Å²) in [7, 11) is 4.93. The van der Waals surface area contributed by atoms with E-state index in [2.05, 4.69) is 35.6 Å². The van der Waals surface area contributed by atoms with Gasteiger partial charge in [-0.1, -0.05) is 42.0 Å². The molecular formula is C44H48ClN3O13. The number of nitrogens with one attached hydrogen (secondary N) is 1. The monoisotopic (exact) mass is 861 g/mol. The number of nitrogens with two attached hydrogens (primary N) is 1. The van der Waals surface area contributed by atoms with Crippen LogP contribution in [0.15, 0.2) is 83.4 Å². The third kappa shape index (κ3) is 9.36. The summed E-state index contributed by atoms with van der Waals surface area (Å²) in [5, 5.41) is 36.7. The fourth-order valence-electron chi connectivity index (χ4n) is 7.67. The number of phenolic OH excluding ortho intramolecular Hbond substituents is 1. The number of benzene rings is 1. The van der Waals surface area contributed by atoms with E-state index >= 15 is 0 Å². The van der Waals surface area contributed by atoms with E-state index in [1.807, 2.05) is 0 Å². The molecule has 1 aromatic rings. The molecule has 0 saturated carbocycles. The van der Waals surface area contributed by atoms with Gasteiger partial charge in [-0.05, 0) is 76.7 Å². The lowest BCUT2D eigenvalue weighted by atomic mass is 9.85. The zero-order valence-corrected chi connectivity index (χ0v) is 35.1. The third-order valence-electron chi connectivity index (χ3n) is 10.5. The zero-order valence-electron chi connectivity index (χ0n) is 34.4. The standard InChI is InChI=1S/C44H48ClN3O13/c1-8-56-34(50)21-30(46)25-17-29(45)38(31(49)18-25)59-33-13-9-11-24(22-57-41(54)28-19-27(55-7)20-32-35(28)47-40(53)23(2)58-32)14-15-26-12-10-16-44(26,33)61-42-37(52)36(51)39(48(5)6)43(3,4)60-42/h10-12,16-20,30,32-33,35-37,39,42,49,51-52H,2,8,21-22,46H2,1,3-7H3,(H,47,53)/b24-11+/t30-,32?,33-,35?,36?,37?,39?,42?,44-/m1/s1. The van der Waals surface area contributed by atoms with Crippen LogP contribution in [0, 0.1) is 23.7 Å². The molecular weight excluding hydrogens is 814 g/mol. The summed E-state index contributed by atoms with van der Waals surface area (Å²) in [5.74, 6) is 9.59. The van der Waals surface area contributed by atoms with E-state index in [4.69, 9.17) is 50.5 Å². The van der Waals surface area contributed by atoms with Crippen LogP contribution in [0.4, 0.5) is 0 Å². The molecule has 61 heavy (non-hydrogen) atoms. The smallest absolute Gasteiger partial charge is 0.336 e. The summed E-state index contributed by atoms with van der Waals surface area (Å²) in [6, 6.07) is 0.364. The summed E-state index contributed by atoms with van der Waals surface area (Å²) in [6.07, 6.45) is 2.60. The lowest BCUT2D eigenvalue weighted by molar-refractivity contribution is -0.329. The quantitative estimate of drug-likeness (QED) is 0.109. The number of ether oxygens (including phenoxy) is 7. The molecule has 17 heteroatoms. The van der Waals surface area contributed by atoms with E-state index < -0.39 is 83.6 Å². The lowest BCUT2D eigenvalue weighted by Gasteiger charge is -2.51. The van der Waals surface area contributed by atoms with Crippen molar-refractivity contribution in [2.45, 2.75) is 87.2 Å². The average molecular weight is 862 g/mol. The van der Waals surface area contributed by atoms with E-state index in [1.54, 1.807) is 64.1 Å². The van der Waals surface area contributed by atoms with Gasteiger partial charge in [-0.3, -0.25) is 9.59 Å². The molecule has 16 nitrogen and oxygen atoms in total. The minimum Gasteiger partial charge on any atom is -0.504 e. The van der Waals surface area contributed by atoms with E-state index in [9.17, 15) is 29.7 Å². The molecule has 0 aromatic heterocycles. The normalized spacial score (nSPS) is 29.9. The van der Waals surface area contributed by atoms with Crippen molar-refractivity contribution in [3.63, 3.8) is 0 Å². The van der Waals surface area contributed by atoms with Crippen molar-refractivity contribution in [2.75, 3.05) is 34.4 Å². The number of carbonyl (C=O) groups excluding carboxylic acids is 3. The Balaban J connectivity index is 1.34. The summed E-state index contributed by atoms with van der Waals surface area (Å²) < 4.78 is 41.1. The lowest BCUT2D eigenvalue weighted by Crippen LogP contribution is -2.68. The number of carbonyl (C=O) groups is 3. The molecule has 0 spiro atoms. The first kappa shape index (κ1) is 45.0. The van der Waals surface area contributed by atoms with E-state index in [0.29, 0.717) is 11.3 Å². The molecule has 0 radical (unpaired) electrons. The van der Waals surface area contributed by atoms with Crippen molar-refractivity contribution >= 4 is 29.4 Å². The molecule has 0 bridgehead atoms. The Morgan fingerprint density at radius 2 is 1.92 bits per heavy atom. The van der Waals surface area contributed by atoms with E-state index in [0.717, 1.165) is 0 Å². The van der Waals surface area contributed by atoms with Crippen molar-refractivity contribution in [3.8, 4) is 35.2 Å². The van der Waals surface area contributed by atoms with Gasteiger partial charge in [0, 0.05) is 29.3 Å². The SMILES string of the molecule is C=C1OC2C=C(OC)C=C(C(=O)OC/C3=C/C#C[C@@H](Oc4c(O)cc([C@H](N)CC(=O)OCC)cc4Cl)[C@@]4(OC5OC(C)(C)C(N(C)C)C(O)C5O)C=CC=C4C#C3)C2NC1=O. The van der Waals surface area contributed by atoms with Crippen LogP contribution in [0.3, 0.4) is 0 Å². The number of methoxy groups -OCH3 is 1. The van der Waals surface area contributed by atoms with Crippen LogP contribution in [0.1, 0.15) is 38.8 Å². The number of allylic oxidation sites excluding steroid dienone is 4. The van der Waals surface area contributed by atoms with Gasteiger partial charge in [0.1, 0.15) is 36.7 Å². The number of fused-ring (bicyclic) bond motifs is 2. The summed E-state index contributed by atoms with van der Waals surface area (Å²) >= 11 is 6.72. The van der Waals surface area contributed by atoms with Gasteiger partial charge < -0.3 is 64.4 Å². The number of aliphatic hydroxyl groups is 2. The molecule has 2 saturated heterocycles. The predicted octanol–water partition coefficient (Wildman–Crippen LogP) is 2.14. The number of rotatable bonds is 13. The second-order valence-electron chi connectivity index (χ2n) is 15.4. The highest BCUT2D eigenvalue weighted by Crippen LogP contribution is 2.44. The topological polar surface area (TPSA) is 218 Å². The molecule has 6 unspecified atom stereocenters. The molecule has 6 rings (SSSR count). The van der Waals surface area contributed by atoms with Gasteiger partial charge in [-0.25, -0.2) is 4.79 Å².